The molecule has 0 amide bonds. The van der Waals surface area contributed by atoms with Crippen LogP contribution in [0.25, 0.3) is 0 Å². The average molecular weight is 655 g/mol. The van der Waals surface area contributed by atoms with E-state index in [0.29, 0.717) is 13.2 Å². The van der Waals surface area contributed by atoms with Crippen molar-refractivity contribution >= 4 is 18.7 Å². The molecule has 5 atom stereocenters. The van der Waals surface area contributed by atoms with Gasteiger partial charge in [-0.05, 0) is 70.9 Å². The minimum atomic E-state index is -2.71. The summed E-state index contributed by atoms with van der Waals surface area (Å²) in [6, 6.07) is 29.3. The Labute approximate surface area is 281 Å². The Hall–Kier alpha value is -3.20. The van der Waals surface area contributed by atoms with Gasteiger partial charge in [-0.2, -0.15) is 0 Å². The first kappa shape index (κ1) is 33.7. The molecule has 1 saturated carbocycles. The van der Waals surface area contributed by atoms with Crippen LogP contribution in [-0.2, 0) is 18.6 Å². The van der Waals surface area contributed by atoms with Gasteiger partial charge in [-0.3, -0.25) is 0 Å². The van der Waals surface area contributed by atoms with Crippen LogP contribution in [0.5, 0.6) is 11.5 Å². The summed E-state index contributed by atoms with van der Waals surface area (Å²) >= 11 is 0. The van der Waals surface area contributed by atoms with Crippen LogP contribution < -0.4 is 19.8 Å². The average Bonchev–Trinajstić information content (AvgIpc) is 3.39. The number of methoxy groups -OCH3 is 2. The third-order valence-corrected chi connectivity index (χ3v) is 15.6. The van der Waals surface area contributed by atoms with Gasteiger partial charge in [-0.1, -0.05) is 99.7 Å². The van der Waals surface area contributed by atoms with Gasteiger partial charge in [0.05, 0.1) is 19.8 Å². The maximum atomic E-state index is 7.43. The fourth-order valence-corrected chi connectivity index (χ4v) is 12.9. The Morgan fingerprint density at radius 3 is 2.13 bits per heavy atom. The number of allylic oxidation sites excluding steroid dienone is 1. The predicted octanol–water partition coefficient (Wildman–Crippen LogP) is 7.29. The van der Waals surface area contributed by atoms with E-state index in [1.807, 2.05) is 24.3 Å². The van der Waals surface area contributed by atoms with Gasteiger partial charge in [0.2, 0.25) is 0 Å². The summed E-state index contributed by atoms with van der Waals surface area (Å²) in [6.07, 6.45) is 5.71. The van der Waals surface area contributed by atoms with E-state index in [2.05, 4.69) is 94.1 Å². The first-order valence-electron chi connectivity index (χ1n) is 16.9. The summed E-state index contributed by atoms with van der Waals surface area (Å²) in [5, 5.41) is 2.47. The van der Waals surface area contributed by atoms with Crippen molar-refractivity contribution in [3.8, 4) is 11.5 Å². The Kier molecular flexibility index (Phi) is 10.1. The van der Waals surface area contributed by atoms with E-state index in [0.717, 1.165) is 37.2 Å². The normalized spacial score (nSPS) is 25.6. The van der Waals surface area contributed by atoms with Gasteiger partial charge in [0.25, 0.3) is 8.32 Å². The summed E-state index contributed by atoms with van der Waals surface area (Å²) in [6.45, 7) is 12.9. The second-order valence-electron chi connectivity index (χ2n) is 14.2. The summed E-state index contributed by atoms with van der Waals surface area (Å²) in [5.41, 5.74) is 2.24. The molecule has 2 aliphatic carbocycles. The molecule has 6 nitrogen and oxygen atoms in total. The van der Waals surface area contributed by atoms with Crippen molar-refractivity contribution in [3.63, 3.8) is 0 Å². The number of ether oxygens (including phenoxy) is 5. The van der Waals surface area contributed by atoms with Crippen molar-refractivity contribution in [1.29, 1.82) is 0 Å². The number of benzene rings is 3. The number of hydrogen-bond donors (Lipinski definition) is 0. The van der Waals surface area contributed by atoms with Crippen molar-refractivity contribution in [1.82, 2.24) is 0 Å². The minimum absolute atomic E-state index is 0.0189. The van der Waals surface area contributed by atoms with E-state index in [1.54, 1.807) is 14.2 Å². The molecule has 1 heterocycles. The van der Waals surface area contributed by atoms with Crippen molar-refractivity contribution in [2.24, 2.45) is 17.3 Å². The van der Waals surface area contributed by atoms with Gasteiger partial charge in [-0.25, -0.2) is 0 Å². The van der Waals surface area contributed by atoms with Crippen LogP contribution in [0.4, 0.5) is 0 Å². The maximum Gasteiger partial charge on any atom is 0.261 e. The number of rotatable bonds is 13. The Morgan fingerprint density at radius 2 is 1.53 bits per heavy atom. The Bertz CT molecular complexity index is 1480. The molecule has 1 saturated heterocycles. The summed E-state index contributed by atoms with van der Waals surface area (Å²) in [4.78, 5) is 0. The maximum absolute atomic E-state index is 7.43. The van der Waals surface area contributed by atoms with E-state index in [9.17, 15) is 0 Å². The largest absolute Gasteiger partial charge is 0.497 e. The predicted molar refractivity (Wildman–Crippen MR) is 189 cm³/mol. The fourth-order valence-electron chi connectivity index (χ4n) is 8.36. The molecule has 1 unspecified atom stereocenters. The number of hydrogen-bond acceptors (Lipinski definition) is 6. The van der Waals surface area contributed by atoms with Crippen LogP contribution in [-0.4, -0.2) is 54.9 Å². The zero-order valence-electron chi connectivity index (χ0n) is 28.6. The molecule has 3 aromatic rings. The molecule has 47 heavy (non-hydrogen) atoms. The Morgan fingerprint density at radius 1 is 0.894 bits per heavy atom. The van der Waals surface area contributed by atoms with Crippen LogP contribution >= 0.6 is 0 Å². The molecule has 3 aromatic carbocycles. The van der Waals surface area contributed by atoms with Crippen LogP contribution in [0.1, 0.15) is 46.5 Å². The zero-order valence-corrected chi connectivity index (χ0v) is 29.6. The highest BCUT2D eigenvalue weighted by Crippen LogP contribution is 2.59. The molecule has 0 spiro atoms. The molecule has 4 bridgehead atoms. The third-order valence-electron chi connectivity index (χ3n) is 10.6. The van der Waals surface area contributed by atoms with E-state index in [-0.39, 0.29) is 41.5 Å². The van der Waals surface area contributed by atoms with E-state index < -0.39 is 8.32 Å². The van der Waals surface area contributed by atoms with E-state index in [4.69, 9.17) is 28.1 Å². The topological polar surface area (TPSA) is 55.4 Å². The SMILES string of the molecule is C=C1[C@H](COCOc2ccc(OC)cc2)C[C@]2(CCO[Si](c3ccccc3)(c3ccccc3)C(C)(C)C)C3=CCC[C@H]1C3O[C@H]2OC. The molecular formula is C40H50O6Si. The lowest BCUT2D eigenvalue weighted by Crippen LogP contribution is -2.66. The first-order valence-corrected chi connectivity index (χ1v) is 18.8. The van der Waals surface area contributed by atoms with Crippen molar-refractivity contribution in [2.75, 3.05) is 34.2 Å². The second-order valence-corrected chi connectivity index (χ2v) is 18.5. The Balaban J connectivity index is 1.26. The van der Waals surface area contributed by atoms with Gasteiger partial charge < -0.3 is 28.1 Å². The third kappa shape index (κ3) is 6.36. The molecule has 3 aliphatic rings. The molecule has 0 N–H and O–H groups in total. The van der Waals surface area contributed by atoms with Gasteiger partial charge in [0.1, 0.15) is 11.5 Å². The summed E-state index contributed by atoms with van der Waals surface area (Å²) in [7, 11) is 0.729. The van der Waals surface area contributed by atoms with Gasteiger partial charge >= 0.3 is 0 Å². The monoisotopic (exact) mass is 654 g/mol. The highest BCUT2D eigenvalue weighted by atomic mass is 28.4. The van der Waals surface area contributed by atoms with Gasteiger partial charge in [0.15, 0.2) is 13.1 Å². The second kappa shape index (κ2) is 14.1. The lowest BCUT2D eigenvalue weighted by atomic mass is 9.71. The highest BCUT2D eigenvalue weighted by Gasteiger charge is 2.59. The zero-order chi connectivity index (χ0) is 33.1. The molecule has 0 aromatic heterocycles. The summed E-state index contributed by atoms with van der Waals surface area (Å²) < 4.78 is 37.8. The molecule has 1 aliphatic heterocycles. The van der Waals surface area contributed by atoms with Crippen LogP contribution in [0.15, 0.2) is 109 Å². The van der Waals surface area contributed by atoms with E-state index in [1.165, 1.54) is 21.5 Å². The highest BCUT2D eigenvalue weighted by molar-refractivity contribution is 6.99. The van der Waals surface area contributed by atoms with Gasteiger partial charge in [0, 0.05) is 31.0 Å². The standard InChI is InChI=1S/C40H50O6Si/c1-29-30(27-43-28-44-32-22-20-31(41-5)21-23-32)26-40(36-19-13-18-35(29)37(36)46-38(40)42-6)24-25-45-47(39(2,3)4,33-14-9-7-10-15-33)34-16-11-8-12-17-34/h7-12,14-17,19-23,30,35,37-38H,1,13,18,24-28H2,2-6H3/t30-,35+,37?,38+,40+/m0/s1. The minimum Gasteiger partial charge on any atom is -0.497 e. The van der Waals surface area contributed by atoms with Crippen LogP contribution in [0.3, 0.4) is 0 Å². The molecule has 250 valence electrons. The van der Waals surface area contributed by atoms with Crippen molar-refractivity contribution < 1.29 is 28.1 Å². The molecule has 6 rings (SSSR count). The first-order chi connectivity index (χ1) is 22.7. The quantitative estimate of drug-likeness (QED) is 0.0836. The molecule has 0 radical (unpaired) electrons. The molecular weight excluding hydrogens is 605 g/mol. The van der Waals surface area contributed by atoms with Gasteiger partial charge in [-0.15, -0.1) is 0 Å². The van der Waals surface area contributed by atoms with Crippen molar-refractivity contribution in [2.45, 2.75) is 63.9 Å². The molecule has 2 fully saturated rings. The lowest BCUT2D eigenvalue weighted by molar-refractivity contribution is -0.176. The van der Waals surface area contributed by atoms with Crippen LogP contribution in [0, 0.1) is 17.3 Å². The molecule has 7 heteroatoms. The van der Waals surface area contributed by atoms with Crippen LogP contribution in [0.2, 0.25) is 5.04 Å². The summed E-state index contributed by atoms with van der Waals surface area (Å²) in [5.74, 6) is 1.92. The smallest absolute Gasteiger partial charge is 0.261 e. The van der Waals surface area contributed by atoms with E-state index >= 15 is 0 Å². The fraction of sp³-hybridized carbons (Fsp3) is 0.450. The lowest BCUT2D eigenvalue weighted by Gasteiger charge is -2.44. The van der Waals surface area contributed by atoms with Crippen molar-refractivity contribution in [3.05, 3.63) is 109 Å².